The van der Waals surface area contributed by atoms with E-state index in [1.165, 1.54) is 0 Å². The van der Waals surface area contributed by atoms with Crippen LogP contribution in [-0.2, 0) is 0 Å². The van der Waals surface area contributed by atoms with Gasteiger partial charge in [-0.1, -0.05) is 31.1 Å². The van der Waals surface area contributed by atoms with Gasteiger partial charge in [0.25, 0.3) is 0 Å². The minimum absolute atomic E-state index is 0.486. The number of hydrogen-bond acceptors (Lipinski definition) is 4. The second kappa shape index (κ2) is 7.68. The first kappa shape index (κ1) is 16.9. The van der Waals surface area contributed by atoms with E-state index in [1.54, 1.807) is 0 Å². The molecule has 0 fully saturated rings. The predicted octanol–water partition coefficient (Wildman–Crippen LogP) is 4.01. The van der Waals surface area contributed by atoms with Crippen LogP contribution in [0.2, 0.25) is 0 Å². The van der Waals surface area contributed by atoms with Gasteiger partial charge in [0.15, 0.2) is 0 Å². The van der Waals surface area contributed by atoms with Crippen molar-refractivity contribution in [2.24, 2.45) is 11.1 Å². The lowest BCUT2D eigenvalue weighted by atomic mass is 10.0. The summed E-state index contributed by atoms with van der Waals surface area (Å²) in [5.74, 6) is 1.31. The molecule has 0 aliphatic heterocycles. The van der Waals surface area contributed by atoms with Crippen molar-refractivity contribution in [1.82, 2.24) is 0 Å². The average molecular weight is 312 g/mol. The lowest BCUT2D eigenvalue weighted by Gasteiger charge is -2.13. The number of nitrogens with zero attached hydrogens (tertiary/aromatic N) is 2. The lowest BCUT2D eigenvalue weighted by Crippen LogP contribution is -2.09. The Morgan fingerprint density at radius 2 is 1.52 bits per heavy atom. The molecule has 0 aromatic heterocycles. The smallest absolute Gasteiger partial charge is 0.119 e. The van der Waals surface area contributed by atoms with Crippen molar-refractivity contribution in [2.45, 2.75) is 13.8 Å². The summed E-state index contributed by atoms with van der Waals surface area (Å²) >= 11 is 0. The van der Waals surface area contributed by atoms with Gasteiger partial charge in [-0.25, -0.2) is 0 Å². The first-order valence-corrected chi connectivity index (χ1v) is 7.74. The van der Waals surface area contributed by atoms with E-state index in [-0.39, 0.29) is 0 Å². The van der Waals surface area contributed by atoms with Gasteiger partial charge in [-0.2, -0.15) is 0 Å². The SMILES string of the molecule is CC(C)COc1ccc(/C(=N\O)c2ccc(N(C)C)cc2)cc1. The Labute approximate surface area is 138 Å². The molecule has 4 nitrogen and oxygen atoms in total. The molecule has 2 aromatic rings. The van der Waals surface area contributed by atoms with Gasteiger partial charge in [-0.05, 0) is 42.3 Å². The van der Waals surface area contributed by atoms with Crippen molar-refractivity contribution < 1.29 is 9.94 Å². The molecule has 0 amide bonds. The van der Waals surface area contributed by atoms with Crippen LogP contribution < -0.4 is 9.64 Å². The number of rotatable bonds is 6. The number of anilines is 1. The van der Waals surface area contributed by atoms with E-state index in [0.29, 0.717) is 18.2 Å². The highest BCUT2D eigenvalue weighted by molar-refractivity contribution is 6.12. The third-order valence-electron chi connectivity index (χ3n) is 3.47. The Bertz CT molecular complexity index is 644. The zero-order chi connectivity index (χ0) is 16.8. The summed E-state index contributed by atoms with van der Waals surface area (Å²) in [5.41, 5.74) is 3.37. The maximum absolute atomic E-state index is 9.40. The molecule has 122 valence electrons. The predicted molar refractivity (Wildman–Crippen MR) is 95.0 cm³/mol. The molecule has 0 bridgehead atoms. The molecule has 0 saturated carbocycles. The van der Waals surface area contributed by atoms with Gasteiger partial charge >= 0.3 is 0 Å². The van der Waals surface area contributed by atoms with Crippen molar-refractivity contribution in [3.05, 3.63) is 59.7 Å². The summed E-state index contributed by atoms with van der Waals surface area (Å²) in [6.07, 6.45) is 0. The van der Waals surface area contributed by atoms with E-state index < -0.39 is 0 Å². The fourth-order valence-corrected chi connectivity index (χ4v) is 2.17. The van der Waals surface area contributed by atoms with Crippen molar-refractivity contribution in [2.75, 3.05) is 25.6 Å². The van der Waals surface area contributed by atoms with Gasteiger partial charge in [-0.15, -0.1) is 0 Å². The molecular formula is C19H24N2O2. The van der Waals surface area contributed by atoms with Crippen LogP contribution >= 0.6 is 0 Å². The summed E-state index contributed by atoms with van der Waals surface area (Å²) in [7, 11) is 3.98. The summed E-state index contributed by atoms with van der Waals surface area (Å²) in [6.45, 7) is 4.91. The second-order valence-electron chi connectivity index (χ2n) is 6.12. The monoisotopic (exact) mass is 312 g/mol. The fraction of sp³-hybridized carbons (Fsp3) is 0.316. The van der Waals surface area contributed by atoms with Crippen LogP contribution in [0, 0.1) is 5.92 Å². The zero-order valence-corrected chi connectivity index (χ0v) is 14.2. The van der Waals surface area contributed by atoms with E-state index in [2.05, 4.69) is 19.0 Å². The third-order valence-corrected chi connectivity index (χ3v) is 3.47. The molecule has 0 saturated heterocycles. The van der Waals surface area contributed by atoms with E-state index in [4.69, 9.17) is 4.74 Å². The Balaban J connectivity index is 2.17. The highest BCUT2D eigenvalue weighted by Gasteiger charge is 2.09. The molecule has 1 N–H and O–H groups in total. The Kier molecular flexibility index (Phi) is 5.63. The summed E-state index contributed by atoms with van der Waals surface area (Å²) < 4.78 is 5.68. The van der Waals surface area contributed by atoms with E-state index in [0.717, 1.165) is 22.6 Å². The maximum atomic E-state index is 9.40. The van der Waals surface area contributed by atoms with E-state index >= 15 is 0 Å². The Morgan fingerprint density at radius 3 is 1.96 bits per heavy atom. The number of hydrogen-bond donors (Lipinski definition) is 1. The highest BCUT2D eigenvalue weighted by atomic mass is 16.5. The van der Waals surface area contributed by atoms with Crippen LogP contribution in [0.1, 0.15) is 25.0 Å². The highest BCUT2D eigenvalue weighted by Crippen LogP contribution is 2.19. The molecule has 0 atom stereocenters. The lowest BCUT2D eigenvalue weighted by molar-refractivity contribution is 0.271. The molecular weight excluding hydrogens is 288 g/mol. The maximum Gasteiger partial charge on any atom is 0.119 e. The Hall–Kier alpha value is -2.49. The molecule has 2 aromatic carbocycles. The van der Waals surface area contributed by atoms with Gasteiger partial charge in [0.1, 0.15) is 11.5 Å². The summed E-state index contributed by atoms with van der Waals surface area (Å²) in [5, 5.41) is 12.9. The van der Waals surface area contributed by atoms with Crippen molar-refractivity contribution >= 4 is 11.4 Å². The molecule has 2 rings (SSSR count). The standard InChI is InChI=1S/C19H24N2O2/c1-14(2)13-23-18-11-7-16(8-12-18)19(20-22)15-5-9-17(10-6-15)21(3)4/h5-12,14,22H,13H2,1-4H3/b20-19-. The third kappa shape index (κ3) is 4.49. The van der Waals surface area contributed by atoms with Crippen LogP contribution in [-0.4, -0.2) is 31.6 Å². The minimum Gasteiger partial charge on any atom is -0.493 e. The first-order chi connectivity index (χ1) is 11.0. The van der Waals surface area contributed by atoms with Gasteiger partial charge < -0.3 is 14.8 Å². The minimum atomic E-state index is 0.486. The second-order valence-corrected chi connectivity index (χ2v) is 6.12. The summed E-state index contributed by atoms with van der Waals surface area (Å²) in [4.78, 5) is 2.03. The molecule has 23 heavy (non-hydrogen) atoms. The average Bonchev–Trinajstić information content (AvgIpc) is 2.55. The van der Waals surface area contributed by atoms with E-state index in [1.807, 2.05) is 67.5 Å². The molecule has 0 unspecified atom stereocenters. The van der Waals surface area contributed by atoms with Crippen LogP contribution in [0.3, 0.4) is 0 Å². The van der Waals surface area contributed by atoms with Crippen LogP contribution in [0.5, 0.6) is 5.75 Å². The molecule has 4 heteroatoms. The normalized spacial score (nSPS) is 11.6. The van der Waals surface area contributed by atoms with Gasteiger partial charge in [0.2, 0.25) is 0 Å². The largest absolute Gasteiger partial charge is 0.493 e. The number of oxime groups is 1. The number of benzene rings is 2. The van der Waals surface area contributed by atoms with Crippen molar-refractivity contribution in [1.29, 1.82) is 0 Å². The van der Waals surface area contributed by atoms with Crippen molar-refractivity contribution in [3.63, 3.8) is 0 Å². The molecule has 0 aliphatic carbocycles. The Morgan fingerprint density at radius 1 is 1.00 bits per heavy atom. The van der Waals surface area contributed by atoms with Crippen LogP contribution in [0.15, 0.2) is 53.7 Å². The van der Waals surface area contributed by atoms with Crippen LogP contribution in [0.4, 0.5) is 5.69 Å². The van der Waals surface area contributed by atoms with Crippen LogP contribution in [0.25, 0.3) is 0 Å². The van der Waals surface area contributed by atoms with Gasteiger partial charge in [0.05, 0.1) is 6.61 Å². The van der Waals surface area contributed by atoms with Gasteiger partial charge in [-0.3, -0.25) is 0 Å². The fourth-order valence-electron chi connectivity index (χ4n) is 2.17. The molecule has 0 heterocycles. The topological polar surface area (TPSA) is 45.1 Å². The molecule has 0 spiro atoms. The van der Waals surface area contributed by atoms with Crippen molar-refractivity contribution in [3.8, 4) is 5.75 Å². The summed E-state index contributed by atoms with van der Waals surface area (Å²) in [6, 6.07) is 15.5. The van der Waals surface area contributed by atoms with Gasteiger partial charge in [0, 0.05) is 30.9 Å². The molecule has 0 aliphatic rings. The zero-order valence-electron chi connectivity index (χ0n) is 14.2. The number of ether oxygens (including phenoxy) is 1. The quantitative estimate of drug-likeness (QED) is 0.498. The first-order valence-electron chi connectivity index (χ1n) is 7.74. The van der Waals surface area contributed by atoms with E-state index in [9.17, 15) is 5.21 Å². The molecule has 0 radical (unpaired) electrons.